The molecule has 1 atom stereocenters. The minimum atomic E-state index is 0.227. The summed E-state index contributed by atoms with van der Waals surface area (Å²) in [5.41, 5.74) is 8.01. The minimum Gasteiger partial charge on any atom is -0.324 e. The molecule has 1 nitrogen and oxygen atoms in total. The first kappa shape index (κ1) is 12.4. The molecule has 5 rings (SSSR count). The molecule has 4 fully saturated rings. The third-order valence-corrected chi connectivity index (χ3v) is 6.70. The Hall–Kier alpha value is -0.340. The molecular formula is C17H22BrN. The molecule has 4 bridgehead atoms. The maximum atomic E-state index is 6.69. The molecule has 0 heterocycles. The van der Waals surface area contributed by atoms with Crippen molar-refractivity contribution < 1.29 is 0 Å². The Kier molecular flexibility index (Phi) is 3.00. The predicted octanol–water partition coefficient (Wildman–Crippen LogP) is 4.52. The fraction of sp³-hybridized carbons (Fsp3) is 0.647. The van der Waals surface area contributed by atoms with Crippen molar-refractivity contribution in [2.75, 3.05) is 0 Å². The zero-order valence-electron chi connectivity index (χ0n) is 11.3. The van der Waals surface area contributed by atoms with Crippen LogP contribution in [0.25, 0.3) is 0 Å². The largest absolute Gasteiger partial charge is 0.324 e. The highest BCUT2D eigenvalue weighted by Crippen LogP contribution is 2.59. The minimum absolute atomic E-state index is 0.227. The van der Waals surface area contributed by atoms with Crippen molar-refractivity contribution in [1.82, 2.24) is 0 Å². The van der Waals surface area contributed by atoms with E-state index in [0.29, 0.717) is 0 Å². The fourth-order valence-electron chi connectivity index (χ4n) is 5.51. The lowest BCUT2D eigenvalue weighted by atomic mass is 9.50. The first-order valence-electron chi connectivity index (χ1n) is 7.72. The van der Waals surface area contributed by atoms with Gasteiger partial charge in [0.2, 0.25) is 0 Å². The van der Waals surface area contributed by atoms with Crippen molar-refractivity contribution in [3.8, 4) is 0 Å². The molecule has 1 aromatic rings. The Morgan fingerprint density at radius 2 is 1.53 bits per heavy atom. The number of nitrogens with two attached hydrogens (primary N) is 1. The van der Waals surface area contributed by atoms with E-state index in [-0.39, 0.29) is 6.04 Å². The molecule has 102 valence electrons. The van der Waals surface area contributed by atoms with E-state index in [0.717, 1.165) is 29.6 Å². The predicted molar refractivity (Wildman–Crippen MR) is 81.6 cm³/mol. The Labute approximate surface area is 124 Å². The van der Waals surface area contributed by atoms with Gasteiger partial charge in [0.25, 0.3) is 0 Å². The lowest BCUT2D eigenvalue weighted by Gasteiger charge is -2.56. The molecule has 0 amide bonds. The Morgan fingerprint density at radius 3 is 2.11 bits per heavy atom. The zero-order valence-corrected chi connectivity index (χ0v) is 12.9. The molecular weight excluding hydrogens is 298 g/mol. The van der Waals surface area contributed by atoms with E-state index >= 15 is 0 Å². The van der Waals surface area contributed by atoms with Gasteiger partial charge >= 0.3 is 0 Å². The molecule has 0 saturated heterocycles. The highest BCUT2D eigenvalue weighted by Gasteiger charge is 2.50. The van der Waals surface area contributed by atoms with Crippen molar-refractivity contribution in [2.45, 2.75) is 38.1 Å². The van der Waals surface area contributed by atoms with E-state index in [1.165, 1.54) is 42.1 Å². The number of rotatable bonds is 2. The smallest absolute Gasteiger partial charge is 0.0340 e. The quantitative estimate of drug-likeness (QED) is 0.852. The number of hydrogen-bond acceptors (Lipinski definition) is 1. The molecule has 1 aromatic carbocycles. The lowest BCUT2D eigenvalue weighted by molar-refractivity contribution is -0.0472. The van der Waals surface area contributed by atoms with E-state index in [9.17, 15) is 0 Å². The first-order valence-corrected chi connectivity index (χ1v) is 8.51. The van der Waals surface area contributed by atoms with Crippen molar-refractivity contribution >= 4 is 15.9 Å². The van der Waals surface area contributed by atoms with Gasteiger partial charge in [-0.15, -0.1) is 0 Å². The summed E-state index contributed by atoms with van der Waals surface area (Å²) in [5, 5.41) is 0. The van der Waals surface area contributed by atoms with Crippen LogP contribution in [0.4, 0.5) is 0 Å². The van der Waals surface area contributed by atoms with Crippen LogP contribution < -0.4 is 5.73 Å². The van der Waals surface area contributed by atoms with E-state index in [4.69, 9.17) is 5.73 Å². The summed E-state index contributed by atoms with van der Waals surface area (Å²) in [6.07, 6.45) is 7.33. The van der Waals surface area contributed by atoms with Gasteiger partial charge in [0.15, 0.2) is 0 Å². The SMILES string of the molecule is NC(c1ccccc1Br)C1C2CC3CC(C2)CC1C3. The standard InChI is InChI=1S/C17H22BrN/c18-15-4-2-1-3-14(15)17(19)16-12-6-10-5-11(8-12)9-13(16)7-10/h1-4,10-13,16-17H,5-9,19H2. The third kappa shape index (κ3) is 1.99. The summed E-state index contributed by atoms with van der Waals surface area (Å²) in [6, 6.07) is 8.77. The highest BCUT2D eigenvalue weighted by molar-refractivity contribution is 9.10. The van der Waals surface area contributed by atoms with Crippen molar-refractivity contribution in [2.24, 2.45) is 35.3 Å². The van der Waals surface area contributed by atoms with Crippen LogP contribution in [0, 0.1) is 29.6 Å². The summed E-state index contributed by atoms with van der Waals surface area (Å²) in [7, 11) is 0. The molecule has 4 aliphatic rings. The van der Waals surface area contributed by atoms with E-state index in [2.05, 4.69) is 40.2 Å². The summed E-state index contributed by atoms with van der Waals surface area (Å²) < 4.78 is 1.19. The Bertz CT molecular complexity index is 456. The van der Waals surface area contributed by atoms with E-state index < -0.39 is 0 Å². The van der Waals surface area contributed by atoms with Gasteiger partial charge in [-0.25, -0.2) is 0 Å². The van der Waals surface area contributed by atoms with Crippen LogP contribution in [0.15, 0.2) is 28.7 Å². The van der Waals surface area contributed by atoms with E-state index in [1.807, 2.05) is 0 Å². The normalized spacial score (nSPS) is 41.5. The van der Waals surface area contributed by atoms with Gasteiger partial charge in [-0.3, -0.25) is 0 Å². The number of hydrogen-bond donors (Lipinski definition) is 1. The second-order valence-electron chi connectivity index (χ2n) is 7.06. The Balaban J connectivity index is 1.64. The van der Waals surface area contributed by atoms with Gasteiger partial charge in [-0.2, -0.15) is 0 Å². The van der Waals surface area contributed by atoms with Crippen LogP contribution in [0.3, 0.4) is 0 Å². The molecule has 4 saturated carbocycles. The number of benzene rings is 1. The monoisotopic (exact) mass is 319 g/mol. The third-order valence-electron chi connectivity index (χ3n) is 5.98. The average molecular weight is 320 g/mol. The van der Waals surface area contributed by atoms with Gasteiger partial charge < -0.3 is 5.73 Å². The molecule has 0 aromatic heterocycles. The van der Waals surface area contributed by atoms with Gasteiger partial charge in [-0.1, -0.05) is 34.1 Å². The number of halogens is 1. The van der Waals surface area contributed by atoms with Crippen LogP contribution in [0.1, 0.15) is 43.7 Å². The topological polar surface area (TPSA) is 26.0 Å². The van der Waals surface area contributed by atoms with Crippen LogP contribution in [-0.4, -0.2) is 0 Å². The lowest BCUT2D eigenvalue weighted by Crippen LogP contribution is -2.48. The summed E-state index contributed by atoms with van der Waals surface area (Å²) >= 11 is 3.68. The molecule has 2 N–H and O–H groups in total. The Morgan fingerprint density at radius 1 is 0.947 bits per heavy atom. The van der Waals surface area contributed by atoms with Crippen molar-refractivity contribution in [3.63, 3.8) is 0 Å². The molecule has 19 heavy (non-hydrogen) atoms. The zero-order chi connectivity index (χ0) is 13.0. The van der Waals surface area contributed by atoms with Crippen molar-refractivity contribution in [3.05, 3.63) is 34.3 Å². The summed E-state index contributed by atoms with van der Waals surface area (Å²) in [6.45, 7) is 0. The van der Waals surface area contributed by atoms with Gasteiger partial charge in [0.1, 0.15) is 0 Å². The summed E-state index contributed by atoms with van der Waals surface area (Å²) in [5.74, 6) is 4.60. The second kappa shape index (κ2) is 4.60. The molecule has 2 heteroatoms. The van der Waals surface area contributed by atoms with Gasteiger partial charge in [0, 0.05) is 10.5 Å². The van der Waals surface area contributed by atoms with Crippen LogP contribution in [-0.2, 0) is 0 Å². The van der Waals surface area contributed by atoms with E-state index in [1.54, 1.807) is 0 Å². The summed E-state index contributed by atoms with van der Waals surface area (Å²) in [4.78, 5) is 0. The van der Waals surface area contributed by atoms with Gasteiger partial charge in [0.05, 0.1) is 0 Å². The van der Waals surface area contributed by atoms with Crippen LogP contribution in [0.5, 0.6) is 0 Å². The maximum absolute atomic E-state index is 6.69. The fourth-order valence-corrected chi connectivity index (χ4v) is 6.06. The average Bonchev–Trinajstić information content (AvgIpc) is 2.37. The van der Waals surface area contributed by atoms with Crippen molar-refractivity contribution in [1.29, 1.82) is 0 Å². The van der Waals surface area contributed by atoms with Crippen LogP contribution in [0.2, 0.25) is 0 Å². The molecule has 1 unspecified atom stereocenters. The molecule has 4 aliphatic carbocycles. The molecule has 0 spiro atoms. The maximum Gasteiger partial charge on any atom is 0.0340 e. The molecule has 0 radical (unpaired) electrons. The highest BCUT2D eigenvalue weighted by atomic mass is 79.9. The second-order valence-corrected chi connectivity index (χ2v) is 7.91. The van der Waals surface area contributed by atoms with Crippen LogP contribution >= 0.6 is 15.9 Å². The molecule has 0 aliphatic heterocycles. The van der Waals surface area contributed by atoms with Gasteiger partial charge in [-0.05, 0) is 73.3 Å². The first-order chi connectivity index (χ1) is 9.22.